The lowest BCUT2D eigenvalue weighted by Gasteiger charge is -2.28. The van der Waals surface area contributed by atoms with Crippen molar-refractivity contribution in [2.45, 2.75) is 25.5 Å². The molecule has 4 heterocycles. The third kappa shape index (κ3) is 3.67. The zero-order chi connectivity index (χ0) is 20.5. The van der Waals surface area contributed by atoms with Crippen LogP contribution in [0.25, 0.3) is 11.2 Å². The minimum Gasteiger partial charge on any atom is -0.389 e. The van der Waals surface area contributed by atoms with Gasteiger partial charge in [-0.2, -0.15) is 4.98 Å². The lowest BCUT2D eigenvalue weighted by Crippen LogP contribution is -2.40. The highest BCUT2D eigenvalue weighted by atomic mass is 16.5. The van der Waals surface area contributed by atoms with Crippen molar-refractivity contribution in [3.8, 4) is 0 Å². The molecule has 1 atom stereocenters. The Labute approximate surface area is 167 Å². The number of amidine groups is 1. The van der Waals surface area contributed by atoms with Crippen LogP contribution in [-0.2, 0) is 25.4 Å². The molecule has 2 aliphatic heterocycles. The SMILES string of the molecule is Cn1c(=O)c2c(nc(N3CCOCC3)n2CC(O)CNC2=NCCC2)n(C)c1=O. The van der Waals surface area contributed by atoms with E-state index in [0.717, 1.165) is 29.8 Å². The predicted octanol–water partition coefficient (Wildman–Crippen LogP) is -1.59. The van der Waals surface area contributed by atoms with E-state index in [1.165, 1.54) is 11.6 Å². The second-order valence-electron chi connectivity index (χ2n) is 7.47. The highest BCUT2D eigenvalue weighted by Gasteiger charge is 2.25. The summed E-state index contributed by atoms with van der Waals surface area (Å²) in [6, 6.07) is 0. The van der Waals surface area contributed by atoms with E-state index in [1.54, 1.807) is 11.6 Å². The summed E-state index contributed by atoms with van der Waals surface area (Å²) < 4.78 is 9.59. The number of rotatable bonds is 5. The van der Waals surface area contributed by atoms with Crippen molar-refractivity contribution in [2.75, 3.05) is 44.3 Å². The van der Waals surface area contributed by atoms with Crippen molar-refractivity contribution in [1.29, 1.82) is 0 Å². The molecule has 2 aliphatic rings. The van der Waals surface area contributed by atoms with Gasteiger partial charge in [-0.05, 0) is 6.42 Å². The molecule has 11 nitrogen and oxygen atoms in total. The van der Waals surface area contributed by atoms with Crippen LogP contribution in [0.5, 0.6) is 0 Å². The maximum Gasteiger partial charge on any atom is 0.332 e. The Morgan fingerprint density at radius 2 is 1.97 bits per heavy atom. The number of imidazole rings is 1. The molecule has 158 valence electrons. The van der Waals surface area contributed by atoms with Crippen LogP contribution in [0.15, 0.2) is 14.6 Å². The molecule has 0 amide bonds. The third-order valence-corrected chi connectivity index (χ3v) is 5.43. The van der Waals surface area contributed by atoms with Gasteiger partial charge < -0.3 is 24.6 Å². The first kappa shape index (κ1) is 19.6. The first-order valence-electron chi connectivity index (χ1n) is 9.91. The largest absolute Gasteiger partial charge is 0.389 e. The van der Waals surface area contributed by atoms with E-state index in [4.69, 9.17) is 4.74 Å². The number of aliphatic hydroxyl groups excluding tert-OH is 1. The van der Waals surface area contributed by atoms with E-state index in [0.29, 0.717) is 50.0 Å². The number of hydrogen-bond acceptors (Lipinski definition) is 8. The van der Waals surface area contributed by atoms with Crippen LogP contribution < -0.4 is 21.5 Å². The normalized spacial score (nSPS) is 18.3. The lowest BCUT2D eigenvalue weighted by molar-refractivity contribution is 0.121. The minimum absolute atomic E-state index is 0.177. The van der Waals surface area contributed by atoms with E-state index in [2.05, 4.69) is 15.3 Å². The molecule has 1 fully saturated rings. The molecular weight excluding hydrogens is 378 g/mol. The van der Waals surface area contributed by atoms with Gasteiger partial charge in [0.2, 0.25) is 5.95 Å². The fraction of sp³-hybridized carbons (Fsp3) is 0.667. The zero-order valence-electron chi connectivity index (χ0n) is 16.8. The second-order valence-corrected chi connectivity index (χ2v) is 7.47. The van der Waals surface area contributed by atoms with Gasteiger partial charge in [0.1, 0.15) is 0 Å². The van der Waals surface area contributed by atoms with Gasteiger partial charge in [-0.15, -0.1) is 0 Å². The first-order chi connectivity index (χ1) is 14.0. The first-order valence-corrected chi connectivity index (χ1v) is 9.91. The summed E-state index contributed by atoms with van der Waals surface area (Å²) in [5, 5.41) is 13.8. The van der Waals surface area contributed by atoms with E-state index in [9.17, 15) is 14.7 Å². The third-order valence-electron chi connectivity index (χ3n) is 5.43. The Hall–Kier alpha value is -2.66. The molecule has 0 aromatic carbocycles. The quantitative estimate of drug-likeness (QED) is 0.616. The molecule has 0 bridgehead atoms. The highest BCUT2D eigenvalue weighted by Crippen LogP contribution is 2.21. The Bertz CT molecular complexity index is 1050. The Morgan fingerprint density at radius 1 is 1.21 bits per heavy atom. The van der Waals surface area contributed by atoms with Crippen LogP contribution >= 0.6 is 0 Å². The molecular formula is C18H27N7O4. The number of morpholine rings is 1. The van der Waals surface area contributed by atoms with Crippen molar-refractivity contribution >= 4 is 22.9 Å². The standard InChI is InChI=1S/C18H27N7O4/c1-22-15-14(16(27)23(2)18(22)28)25(17(21-15)24-6-8-29-9-7-24)11-12(26)10-20-13-4-3-5-19-13/h12,26H,3-11H2,1-2H3,(H,19,20). The molecule has 2 aromatic heterocycles. The van der Waals surface area contributed by atoms with Gasteiger partial charge in [0.05, 0.1) is 31.7 Å². The number of aryl methyl sites for hydroxylation is 1. The smallest absolute Gasteiger partial charge is 0.332 e. The zero-order valence-corrected chi connectivity index (χ0v) is 16.8. The number of nitrogens with zero attached hydrogens (tertiary/aromatic N) is 6. The topological polar surface area (TPSA) is 119 Å². The molecule has 29 heavy (non-hydrogen) atoms. The summed E-state index contributed by atoms with van der Waals surface area (Å²) in [6.07, 6.45) is 1.16. The number of anilines is 1. The Kier molecular flexibility index (Phi) is 5.41. The van der Waals surface area contributed by atoms with Gasteiger partial charge in [-0.3, -0.25) is 18.9 Å². The van der Waals surface area contributed by atoms with Crippen molar-refractivity contribution in [1.82, 2.24) is 24.0 Å². The molecule has 0 aliphatic carbocycles. The van der Waals surface area contributed by atoms with Crippen LogP contribution in [0, 0.1) is 0 Å². The van der Waals surface area contributed by atoms with E-state index in [1.807, 2.05) is 4.90 Å². The van der Waals surface area contributed by atoms with Gasteiger partial charge in [-0.25, -0.2) is 4.79 Å². The number of aliphatic hydroxyl groups is 1. The summed E-state index contributed by atoms with van der Waals surface area (Å²) >= 11 is 0. The molecule has 2 aromatic rings. The van der Waals surface area contributed by atoms with E-state index in [-0.39, 0.29) is 6.54 Å². The van der Waals surface area contributed by atoms with Crippen LogP contribution in [0.3, 0.4) is 0 Å². The number of nitrogens with one attached hydrogen (secondary N) is 1. The van der Waals surface area contributed by atoms with Crippen molar-refractivity contribution < 1.29 is 9.84 Å². The molecule has 2 N–H and O–H groups in total. The van der Waals surface area contributed by atoms with E-state index < -0.39 is 17.4 Å². The van der Waals surface area contributed by atoms with Gasteiger partial charge >= 0.3 is 5.69 Å². The van der Waals surface area contributed by atoms with Crippen LogP contribution in [0.4, 0.5) is 5.95 Å². The highest BCUT2D eigenvalue weighted by molar-refractivity contribution is 5.83. The van der Waals surface area contributed by atoms with Crippen molar-refractivity contribution in [3.63, 3.8) is 0 Å². The summed E-state index contributed by atoms with van der Waals surface area (Å²) in [5.74, 6) is 1.48. The molecule has 1 unspecified atom stereocenters. The van der Waals surface area contributed by atoms with E-state index >= 15 is 0 Å². The number of aromatic nitrogens is 4. The summed E-state index contributed by atoms with van der Waals surface area (Å²) in [5.41, 5.74) is -0.217. The number of ether oxygens (including phenoxy) is 1. The maximum atomic E-state index is 12.9. The minimum atomic E-state index is -0.752. The van der Waals surface area contributed by atoms with Gasteiger partial charge in [-0.1, -0.05) is 0 Å². The summed E-state index contributed by atoms with van der Waals surface area (Å²) in [4.78, 5) is 36.2. The second kappa shape index (κ2) is 7.99. The number of hydrogen-bond donors (Lipinski definition) is 2. The predicted molar refractivity (Wildman–Crippen MR) is 109 cm³/mol. The average molecular weight is 405 g/mol. The van der Waals surface area contributed by atoms with Crippen LogP contribution in [0.2, 0.25) is 0 Å². The van der Waals surface area contributed by atoms with Crippen LogP contribution in [0.1, 0.15) is 12.8 Å². The monoisotopic (exact) mass is 405 g/mol. The fourth-order valence-corrected chi connectivity index (χ4v) is 3.81. The summed E-state index contributed by atoms with van der Waals surface area (Å²) in [6.45, 7) is 3.69. The molecule has 4 rings (SSSR count). The molecule has 1 saturated heterocycles. The molecule has 0 spiro atoms. The maximum absolute atomic E-state index is 12.9. The molecule has 11 heteroatoms. The Balaban J connectivity index is 1.72. The van der Waals surface area contributed by atoms with Gasteiger partial charge in [0, 0.05) is 46.7 Å². The average Bonchev–Trinajstić information content (AvgIpc) is 3.38. The Morgan fingerprint density at radius 3 is 2.66 bits per heavy atom. The fourth-order valence-electron chi connectivity index (χ4n) is 3.81. The lowest BCUT2D eigenvalue weighted by atomic mass is 10.3. The van der Waals surface area contributed by atoms with Gasteiger partial charge in [0.15, 0.2) is 11.2 Å². The summed E-state index contributed by atoms with van der Waals surface area (Å²) in [7, 11) is 3.05. The van der Waals surface area contributed by atoms with Crippen LogP contribution in [-0.4, -0.2) is 75.1 Å². The van der Waals surface area contributed by atoms with Crippen molar-refractivity contribution in [2.24, 2.45) is 19.1 Å². The van der Waals surface area contributed by atoms with Gasteiger partial charge in [0.25, 0.3) is 5.56 Å². The molecule has 0 radical (unpaired) electrons. The number of aliphatic imine (C=N–C) groups is 1. The molecule has 0 saturated carbocycles. The number of fused-ring (bicyclic) bond motifs is 1. The van der Waals surface area contributed by atoms with Crippen molar-refractivity contribution in [3.05, 3.63) is 20.8 Å².